The molecule has 0 fully saturated rings. The molecule has 16 heavy (non-hydrogen) atoms. The Morgan fingerprint density at radius 2 is 1.81 bits per heavy atom. The van der Waals surface area contributed by atoms with Crippen LogP contribution in [0.2, 0.25) is 0 Å². The van der Waals surface area contributed by atoms with Crippen LogP contribution in [-0.4, -0.2) is 31.3 Å². The van der Waals surface area contributed by atoms with Gasteiger partial charge in [0.1, 0.15) is 0 Å². The Morgan fingerprint density at radius 3 is 2.25 bits per heavy atom. The molecule has 0 saturated carbocycles. The summed E-state index contributed by atoms with van der Waals surface area (Å²) >= 11 is 3.33. The monoisotopic (exact) mass is 303 g/mol. The zero-order chi connectivity index (χ0) is 11.4. The van der Waals surface area contributed by atoms with E-state index < -0.39 is 0 Å². The molecule has 0 heterocycles. The summed E-state index contributed by atoms with van der Waals surface area (Å²) < 4.78 is 0.970. The third kappa shape index (κ3) is 4.47. The smallest absolute Gasteiger partial charge is 0.189 e. The summed E-state index contributed by atoms with van der Waals surface area (Å²) in [5.74, 6) is 0.0104. The second-order valence-electron chi connectivity index (χ2n) is 3.68. The number of carbonyl (C=O) groups excluding carboxylic acids is 1. The molecule has 0 aliphatic rings. The number of nitrogens with zero attached hydrogens (tertiary/aromatic N) is 1. The molecule has 1 aromatic carbocycles. The van der Waals surface area contributed by atoms with E-state index in [0.717, 1.165) is 4.47 Å². The Labute approximate surface area is 111 Å². The number of halogens is 2. The Bertz CT molecular complexity index is 373. The predicted molar refractivity (Wildman–Crippen MR) is 73.4 cm³/mol. The summed E-state index contributed by atoms with van der Waals surface area (Å²) in [5, 5.41) is 0. The van der Waals surface area contributed by atoms with Gasteiger partial charge >= 0.3 is 0 Å². The van der Waals surface area contributed by atoms with Gasteiger partial charge in [0.15, 0.2) is 5.78 Å². The number of Topliss-reactive ketones (excluding diaryl/α,β-unsaturated/α-hetero) is 1. The fourth-order valence-corrected chi connectivity index (χ4v) is 1.52. The minimum absolute atomic E-state index is 0. The van der Waals surface area contributed by atoms with Crippen LogP contribution in [-0.2, 0) is 0 Å². The second-order valence-corrected chi connectivity index (χ2v) is 4.59. The number of ketones is 1. The van der Waals surface area contributed by atoms with Gasteiger partial charge < -0.3 is 4.90 Å². The zero-order valence-corrected chi connectivity index (χ0v) is 11.8. The molecule has 88 valence electrons. The molecule has 0 aromatic heterocycles. The lowest BCUT2D eigenvalue weighted by Gasteiger charge is -2.11. The van der Waals surface area contributed by atoms with Crippen molar-refractivity contribution in [3.8, 4) is 0 Å². The Balaban J connectivity index is 0.00000225. The molecule has 0 spiro atoms. The number of rotatable bonds is 4. The number of carbonyl (C=O) groups is 1. The Kier molecular flexibility index (Phi) is 6.56. The zero-order valence-electron chi connectivity index (χ0n) is 9.37. The van der Waals surface area contributed by atoms with E-state index in [4.69, 9.17) is 0 Å². The summed E-state index contributed by atoms with van der Waals surface area (Å²) in [7, 11) is 3.83. The number of hydrogen-bond acceptors (Lipinski definition) is 2. The third-order valence-electron chi connectivity index (χ3n) is 1.93. The van der Waals surface area contributed by atoms with Crippen LogP contribution in [0.3, 0.4) is 0 Å². The van der Waals surface area contributed by atoms with Gasteiger partial charge in [-0.2, -0.15) is 0 Å². The van der Waals surface area contributed by atoms with Crippen molar-refractivity contribution in [2.45, 2.75) is 0 Å². The normalized spacial score (nSPS) is 9.75. The van der Waals surface area contributed by atoms with Crippen LogP contribution in [0.15, 0.2) is 40.9 Å². The molecule has 1 aromatic rings. The van der Waals surface area contributed by atoms with Gasteiger partial charge in [-0.3, -0.25) is 4.79 Å². The van der Waals surface area contributed by atoms with Crippen LogP contribution in [0.5, 0.6) is 0 Å². The third-order valence-corrected chi connectivity index (χ3v) is 2.46. The second kappa shape index (κ2) is 6.84. The largest absolute Gasteiger partial charge is 0.305 e. The number of hydrogen-bond donors (Lipinski definition) is 0. The summed E-state index contributed by atoms with van der Waals surface area (Å²) in [4.78, 5) is 13.8. The van der Waals surface area contributed by atoms with E-state index in [0.29, 0.717) is 17.7 Å². The molecule has 0 atom stereocenters. The first-order valence-electron chi connectivity index (χ1n) is 4.63. The Hall–Kier alpha value is -0.640. The highest BCUT2D eigenvalue weighted by atomic mass is 79.9. The van der Waals surface area contributed by atoms with Gasteiger partial charge in [-0.25, -0.2) is 0 Å². The standard InChI is InChI=1S/C12H14BrNO.ClH/c1-9(8-14(2)3)12(15)10-4-6-11(13)7-5-10;/h4-7H,1,8H2,2-3H3;1H. The van der Waals surface area contributed by atoms with Crippen LogP contribution in [0.25, 0.3) is 0 Å². The summed E-state index contributed by atoms with van der Waals surface area (Å²) in [6.07, 6.45) is 0. The van der Waals surface area contributed by atoms with Crippen molar-refractivity contribution in [1.29, 1.82) is 0 Å². The highest BCUT2D eigenvalue weighted by molar-refractivity contribution is 9.10. The number of likely N-dealkylation sites (N-methyl/N-ethyl adjacent to an activating group) is 1. The molecule has 2 nitrogen and oxygen atoms in total. The molecule has 1 rings (SSSR count). The predicted octanol–water partition coefficient (Wildman–Crippen LogP) is 3.17. The molecule has 0 unspecified atom stereocenters. The van der Waals surface area contributed by atoms with Crippen molar-refractivity contribution in [1.82, 2.24) is 4.90 Å². The van der Waals surface area contributed by atoms with Crippen LogP contribution >= 0.6 is 28.3 Å². The van der Waals surface area contributed by atoms with Crippen LogP contribution in [0, 0.1) is 0 Å². The lowest BCUT2D eigenvalue weighted by Crippen LogP contribution is -2.19. The quantitative estimate of drug-likeness (QED) is 0.629. The average molecular weight is 305 g/mol. The molecule has 0 aliphatic carbocycles. The topological polar surface area (TPSA) is 20.3 Å². The lowest BCUT2D eigenvalue weighted by atomic mass is 10.0. The molecule has 0 bridgehead atoms. The van der Waals surface area contributed by atoms with E-state index in [1.807, 2.05) is 31.1 Å². The van der Waals surface area contributed by atoms with Gasteiger partial charge in [0.05, 0.1) is 0 Å². The van der Waals surface area contributed by atoms with Gasteiger partial charge in [0.25, 0.3) is 0 Å². The van der Waals surface area contributed by atoms with Crippen molar-refractivity contribution >= 4 is 34.1 Å². The van der Waals surface area contributed by atoms with Gasteiger partial charge in [-0.15, -0.1) is 12.4 Å². The van der Waals surface area contributed by atoms with E-state index in [9.17, 15) is 4.79 Å². The van der Waals surface area contributed by atoms with E-state index in [1.54, 1.807) is 12.1 Å². The molecule has 0 aliphatic heterocycles. The lowest BCUT2D eigenvalue weighted by molar-refractivity contribution is 0.102. The SMILES string of the molecule is C=C(CN(C)C)C(=O)c1ccc(Br)cc1.Cl. The van der Waals surface area contributed by atoms with Gasteiger partial charge in [-0.05, 0) is 38.4 Å². The maximum Gasteiger partial charge on any atom is 0.189 e. The van der Waals surface area contributed by atoms with Crippen LogP contribution < -0.4 is 0 Å². The van der Waals surface area contributed by atoms with Gasteiger partial charge in [0.2, 0.25) is 0 Å². The summed E-state index contributed by atoms with van der Waals surface area (Å²) in [6, 6.07) is 7.31. The van der Waals surface area contributed by atoms with Crippen molar-refractivity contribution in [2.75, 3.05) is 20.6 Å². The van der Waals surface area contributed by atoms with E-state index in [2.05, 4.69) is 22.5 Å². The molecular formula is C12H15BrClNO. The first-order chi connectivity index (χ1) is 7.00. The molecule has 0 N–H and O–H groups in total. The fraction of sp³-hybridized carbons (Fsp3) is 0.250. The van der Waals surface area contributed by atoms with E-state index in [1.165, 1.54) is 0 Å². The minimum Gasteiger partial charge on any atom is -0.305 e. The summed E-state index contributed by atoms with van der Waals surface area (Å²) in [6.45, 7) is 4.38. The van der Waals surface area contributed by atoms with Crippen molar-refractivity contribution in [3.05, 3.63) is 46.5 Å². The van der Waals surface area contributed by atoms with Gasteiger partial charge in [0, 0.05) is 22.2 Å². The fourth-order valence-electron chi connectivity index (χ4n) is 1.26. The Morgan fingerprint density at radius 1 is 1.31 bits per heavy atom. The maximum absolute atomic E-state index is 11.8. The van der Waals surface area contributed by atoms with Gasteiger partial charge in [-0.1, -0.05) is 22.5 Å². The van der Waals surface area contributed by atoms with Crippen molar-refractivity contribution < 1.29 is 4.79 Å². The molecule has 0 radical (unpaired) electrons. The number of benzene rings is 1. The van der Waals surface area contributed by atoms with E-state index >= 15 is 0 Å². The molecule has 0 saturated heterocycles. The minimum atomic E-state index is 0. The first kappa shape index (κ1) is 15.4. The first-order valence-corrected chi connectivity index (χ1v) is 5.43. The molecular weight excluding hydrogens is 289 g/mol. The van der Waals surface area contributed by atoms with Crippen LogP contribution in [0.1, 0.15) is 10.4 Å². The molecule has 4 heteroatoms. The molecule has 0 amide bonds. The van der Waals surface area contributed by atoms with Crippen LogP contribution in [0.4, 0.5) is 0 Å². The average Bonchev–Trinajstić information content (AvgIpc) is 2.17. The van der Waals surface area contributed by atoms with Crippen molar-refractivity contribution in [3.63, 3.8) is 0 Å². The van der Waals surface area contributed by atoms with Crippen molar-refractivity contribution in [2.24, 2.45) is 0 Å². The highest BCUT2D eigenvalue weighted by Gasteiger charge is 2.10. The maximum atomic E-state index is 11.8. The van der Waals surface area contributed by atoms with E-state index in [-0.39, 0.29) is 18.2 Å². The highest BCUT2D eigenvalue weighted by Crippen LogP contribution is 2.13. The summed E-state index contributed by atoms with van der Waals surface area (Å²) in [5.41, 5.74) is 1.30.